The van der Waals surface area contributed by atoms with Crippen LogP contribution in [0.3, 0.4) is 0 Å². The van der Waals surface area contributed by atoms with E-state index in [1.54, 1.807) is 29.0 Å². The number of amides is 2. The Balaban J connectivity index is 2.13. The topological polar surface area (TPSA) is 59.1 Å². The SMILES string of the molecule is COC(=O)N1CCCN(C(=O)c2cc(Br)ccc2OC)CC1. The lowest BCUT2D eigenvalue weighted by Gasteiger charge is -2.22. The molecule has 0 bridgehead atoms. The van der Waals surface area contributed by atoms with Crippen LogP contribution >= 0.6 is 15.9 Å². The largest absolute Gasteiger partial charge is 0.496 e. The van der Waals surface area contributed by atoms with Crippen LogP contribution in [0.1, 0.15) is 16.8 Å². The van der Waals surface area contributed by atoms with Crippen molar-refractivity contribution in [1.29, 1.82) is 0 Å². The first-order valence-corrected chi connectivity index (χ1v) is 7.82. The van der Waals surface area contributed by atoms with Gasteiger partial charge in [-0.1, -0.05) is 15.9 Å². The van der Waals surface area contributed by atoms with Crippen molar-refractivity contribution in [2.24, 2.45) is 0 Å². The number of ether oxygens (including phenoxy) is 2. The lowest BCUT2D eigenvalue weighted by Crippen LogP contribution is -2.37. The van der Waals surface area contributed by atoms with Gasteiger partial charge in [-0.25, -0.2) is 4.79 Å². The third kappa shape index (κ3) is 3.71. The standard InChI is InChI=1S/C15H19BrN2O4/c1-21-13-5-4-11(16)10-12(13)14(19)17-6-3-7-18(9-8-17)15(20)22-2/h4-5,10H,3,6-9H2,1-2H3. The second kappa shape index (κ2) is 7.49. The van der Waals surface area contributed by atoms with Gasteiger partial charge >= 0.3 is 6.09 Å². The molecule has 0 N–H and O–H groups in total. The van der Waals surface area contributed by atoms with Crippen LogP contribution in [0.4, 0.5) is 4.79 Å². The highest BCUT2D eigenvalue weighted by atomic mass is 79.9. The molecule has 1 saturated heterocycles. The molecule has 2 rings (SSSR count). The molecule has 120 valence electrons. The van der Waals surface area contributed by atoms with Crippen molar-refractivity contribution in [3.05, 3.63) is 28.2 Å². The van der Waals surface area contributed by atoms with E-state index in [9.17, 15) is 9.59 Å². The van der Waals surface area contributed by atoms with Gasteiger partial charge in [-0.15, -0.1) is 0 Å². The van der Waals surface area contributed by atoms with Crippen molar-refractivity contribution >= 4 is 27.9 Å². The zero-order chi connectivity index (χ0) is 16.1. The average Bonchev–Trinajstić information content (AvgIpc) is 2.79. The maximum absolute atomic E-state index is 12.7. The minimum absolute atomic E-state index is 0.0927. The third-order valence-electron chi connectivity index (χ3n) is 3.61. The predicted octanol–water partition coefficient (Wildman–Crippen LogP) is 2.37. The monoisotopic (exact) mass is 370 g/mol. The Morgan fingerprint density at radius 3 is 2.45 bits per heavy atom. The molecule has 0 spiro atoms. The van der Waals surface area contributed by atoms with Crippen molar-refractivity contribution < 1.29 is 19.1 Å². The highest BCUT2D eigenvalue weighted by Gasteiger charge is 2.24. The Kier molecular flexibility index (Phi) is 5.65. The molecule has 7 heteroatoms. The number of carbonyl (C=O) groups is 2. The zero-order valence-electron chi connectivity index (χ0n) is 12.7. The number of methoxy groups -OCH3 is 2. The normalized spacial score (nSPS) is 15.2. The number of hydrogen-bond donors (Lipinski definition) is 0. The van der Waals surface area contributed by atoms with Crippen LogP contribution in [0, 0.1) is 0 Å². The Hall–Kier alpha value is -1.76. The Morgan fingerprint density at radius 1 is 1.09 bits per heavy atom. The molecule has 1 aliphatic heterocycles. The highest BCUT2D eigenvalue weighted by Crippen LogP contribution is 2.24. The minimum Gasteiger partial charge on any atom is -0.496 e. The van der Waals surface area contributed by atoms with E-state index in [2.05, 4.69) is 15.9 Å². The zero-order valence-corrected chi connectivity index (χ0v) is 14.3. The molecule has 0 atom stereocenters. The van der Waals surface area contributed by atoms with Gasteiger partial charge in [-0.05, 0) is 24.6 Å². The van der Waals surface area contributed by atoms with Gasteiger partial charge in [0.15, 0.2) is 0 Å². The summed E-state index contributed by atoms with van der Waals surface area (Å²) < 4.78 is 10.8. The van der Waals surface area contributed by atoms with Crippen LogP contribution in [0.2, 0.25) is 0 Å². The second-order valence-corrected chi connectivity index (χ2v) is 5.86. The lowest BCUT2D eigenvalue weighted by atomic mass is 10.1. The number of halogens is 1. The van der Waals surface area contributed by atoms with Gasteiger partial charge in [0, 0.05) is 30.7 Å². The molecular weight excluding hydrogens is 352 g/mol. The van der Waals surface area contributed by atoms with E-state index in [1.165, 1.54) is 7.11 Å². The van der Waals surface area contributed by atoms with E-state index in [-0.39, 0.29) is 12.0 Å². The molecule has 22 heavy (non-hydrogen) atoms. The molecule has 1 aromatic carbocycles. The van der Waals surface area contributed by atoms with Gasteiger partial charge < -0.3 is 19.3 Å². The van der Waals surface area contributed by atoms with E-state index in [0.29, 0.717) is 37.5 Å². The number of carbonyl (C=O) groups excluding carboxylic acids is 2. The summed E-state index contributed by atoms with van der Waals surface area (Å²) in [6, 6.07) is 5.34. The molecule has 0 radical (unpaired) electrons. The summed E-state index contributed by atoms with van der Waals surface area (Å²) in [5, 5.41) is 0. The van der Waals surface area contributed by atoms with Crippen LogP contribution in [0.15, 0.2) is 22.7 Å². The van der Waals surface area contributed by atoms with Gasteiger partial charge in [-0.2, -0.15) is 0 Å². The first kappa shape index (κ1) is 16.6. The number of nitrogens with zero attached hydrogens (tertiary/aromatic N) is 2. The molecule has 1 aromatic rings. The van der Waals surface area contributed by atoms with Crippen molar-refractivity contribution in [3.8, 4) is 5.75 Å². The fraction of sp³-hybridized carbons (Fsp3) is 0.467. The molecule has 0 saturated carbocycles. The molecule has 6 nitrogen and oxygen atoms in total. The molecule has 2 amide bonds. The summed E-state index contributed by atoms with van der Waals surface area (Å²) in [5.74, 6) is 0.451. The third-order valence-corrected chi connectivity index (χ3v) is 4.10. The number of rotatable bonds is 2. The van der Waals surface area contributed by atoms with Crippen LogP contribution in [-0.2, 0) is 4.74 Å². The Labute approximate surface area is 138 Å². The Bertz CT molecular complexity index is 564. The van der Waals surface area contributed by atoms with E-state index in [4.69, 9.17) is 9.47 Å². The molecule has 0 aliphatic carbocycles. The molecule has 1 heterocycles. The summed E-state index contributed by atoms with van der Waals surface area (Å²) in [7, 11) is 2.91. The quantitative estimate of drug-likeness (QED) is 0.801. The van der Waals surface area contributed by atoms with Crippen molar-refractivity contribution in [1.82, 2.24) is 9.80 Å². The summed E-state index contributed by atoms with van der Waals surface area (Å²) in [6.45, 7) is 2.13. The molecule has 0 aromatic heterocycles. The Morgan fingerprint density at radius 2 is 1.77 bits per heavy atom. The van der Waals surface area contributed by atoms with E-state index in [0.717, 1.165) is 10.9 Å². The fourth-order valence-corrected chi connectivity index (χ4v) is 2.81. The molecule has 1 aliphatic rings. The summed E-state index contributed by atoms with van der Waals surface area (Å²) in [4.78, 5) is 27.7. The average molecular weight is 371 g/mol. The summed E-state index contributed by atoms with van der Waals surface area (Å²) in [6.07, 6.45) is 0.367. The maximum atomic E-state index is 12.7. The molecular formula is C15H19BrN2O4. The first-order chi connectivity index (χ1) is 10.6. The van der Waals surface area contributed by atoms with Crippen molar-refractivity contribution in [2.75, 3.05) is 40.4 Å². The van der Waals surface area contributed by atoms with Crippen molar-refractivity contribution in [2.45, 2.75) is 6.42 Å². The van der Waals surface area contributed by atoms with Gasteiger partial charge in [0.2, 0.25) is 0 Å². The summed E-state index contributed by atoms with van der Waals surface area (Å²) in [5.41, 5.74) is 0.517. The van der Waals surface area contributed by atoms with Crippen molar-refractivity contribution in [3.63, 3.8) is 0 Å². The number of hydrogen-bond acceptors (Lipinski definition) is 4. The highest BCUT2D eigenvalue weighted by molar-refractivity contribution is 9.10. The van der Waals surface area contributed by atoms with E-state index in [1.807, 2.05) is 6.07 Å². The van der Waals surface area contributed by atoms with Gasteiger partial charge in [0.05, 0.1) is 19.8 Å². The lowest BCUT2D eigenvalue weighted by molar-refractivity contribution is 0.0753. The van der Waals surface area contributed by atoms with E-state index >= 15 is 0 Å². The van der Waals surface area contributed by atoms with Gasteiger partial charge in [0.1, 0.15) is 5.75 Å². The second-order valence-electron chi connectivity index (χ2n) is 4.95. The first-order valence-electron chi connectivity index (χ1n) is 7.02. The summed E-state index contributed by atoms with van der Waals surface area (Å²) >= 11 is 3.38. The van der Waals surface area contributed by atoms with Crippen LogP contribution in [0.5, 0.6) is 5.75 Å². The molecule has 1 fully saturated rings. The maximum Gasteiger partial charge on any atom is 0.409 e. The van der Waals surface area contributed by atoms with Crippen LogP contribution < -0.4 is 4.74 Å². The van der Waals surface area contributed by atoms with Gasteiger partial charge in [-0.3, -0.25) is 4.79 Å². The minimum atomic E-state index is -0.352. The number of benzene rings is 1. The van der Waals surface area contributed by atoms with Crippen LogP contribution in [-0.4, -0.2) is 62.2 Å². The fourth-order valence-electron chi connectivity index (χ4n) is 2.45. The van der Waals surface area contributed by atoms with Gasteiger partial charge in [0.25, 0.3) is 5.91 Å². The van der Waals surface area contributed by atoms with E-state index < -0.39 is 0 Å². The predicted molar refractivity (Wildman–Crippen MR) is 85.2 cm³/mol. The van der Waals surface area contributed by atoms with Crippen LogP contribution in [0.25, 0.3) is 0 Å². The smallest absolute Gasteiger partial charge is 0.409 e. The molecule has 0 unspecified atom stereocenters.